The van der Waals surface area contributed by atoms with Crippen molar-refractivity contribution >= 4 is 23.6 Å². The van der Waals surface area contributed by atoms with Crippen LogP contribution >= 0.6 is 11.6 Å². The number of imidazole rings is 1. The zero-order chi connectivity index (χ0) is 32.6. The normalized spacial score (nSPS) is 13.7. The Morgan fingerprint density at radius 2 is 1.75 bits per heavy atom. The molecule has 0 bridgehead atoms. The Morgan fingerprint density at radius 3 is 2.32 bits per heavy atom. The lowest BCUT2D eigenvalue weighted by atomic mass is 10.0. The van der Waals surface area contributed by atoms with E-state index in [9.17, 15) is 27.9 Å². The van der Waals surface area contributed by atoms with Gasteiger partial charge in [-0.1, -0.05) is 35.9 Å². The fourth-order valence-corrected chi connectivity index (χ4v) is 4.62. The Kier molecular flexibility index (Phi) is 12.1. The van der Waals surface area contributed by atoms with Gasteiger partial charge in [-0.3, -0.25) is 4.79 Å². The van der Waals surface area contributed by atoms with E-state index in [0.29, 0.717) is 18.8 Å². The smallest absolute Gasteiger partial charge is 0.425 e. The van der Waals surface area contributed by atoms with Crippen molar-refractivity contribution in [1.29, 1.82) is 0 Å². The Hall–Kier alpha value is -3.77. The average molecular weight is 639 g/mol. The molecule has 0 aliphatic heterocycles. The number of carbonyl (C=O) groups is 2. The Labute approximate surface area is 259 Å². The number of benzene rings is 2. The standard InChI is InChI=1S/C31H38ClF3N4O5/c1-6-39-17-26(38-28(39)19(4)36-30(42)43-18(2)3)22-9-7-21(8-10-22)15-24(13-14-40)37-29(41)23-11-12-27(25(32)16-23)44-20(5)31(33,34)35/h7-12,16-20,24,40H,6,13-15H2,1-5H3,(H,36,42)(H,37,41)/t19-,20-,24-/m1/s1. The van der Waals surface area contributed by atoms with E-state index in [1.165, 1.54) is 18.2 Å². The molecule has 9 nitrogen and oxygen atoms in total. The molecule has 0 aliphatic rings. The number of aliphatic hydroxyl groups is 1. The van der Waals surface area contributed by atoms with Crippen LogP contribution in [0.15, 0.2) is 48.7 Å². The molecule has 3 N–H and O–H groups in total. The largest absolute Gasteiger partial charge is 0.480 e. The molecule has 13 heteroatoms. The molecule has 0 radical (unpaired) electrons. The number of aromatic nitrogens is 2. The number of nitrogens with zero attached hydrogens (tertiary/aromatic N) is 2. The molecule has 2 aromatic carbocycles. The summed E-state index contributed by atoms with van der Waals surface area (Å²) in [6, 6.07) is 10.6. The van der Waals surface area contributed by atoms with Crippen molar-refractivity contribution < 1.29 is 37.3 Å². The molecular weight excluding hydrogens is 601 g/mol. The summed E-state index contributed by atoms with van der Waals surface area (Å²) in [5.41, 5.74) is 2.63. The molecule has 3 aromatic rings. The predicted molar refractivity (Wildman–Crippen MR) is 161 cm³/mol. The summed E-state index contributed by atoms with van der Waals surface area (Å²) in [5.74, 6) is 0.0119. The lowest BCUT2D eigenvalue weighted by Crippen LogP contribution is -2.37. The lowest BCUT2D eigenvalue weighted by molar-refractivity contribution is -0.189. The van der Waals surface area contributed by atoms with Crippen LogP contribution in [0.4, 0.5) is 18.0 Å². The minimum Gasteiger partial charge on any atom is -0.480 e. The van der Waals surface area contributed by atoms with Crippen molar-refractivity contribution in [1.82, 2.24) is 20.2 Å². The second-order valence-corrected chi connectivity index (χ2v) is 11.0. The van der Waals surface area contributed by atoms with Gasteiger partial charge in [-0.05, 0) is 71.2 Å². The number of alkyl halides is 3. The molecule has 0 aliphatic carbocycles. The number of carbonyl (C=O) groups excluding carboxylic acids is 2. The van der Waals surface area contributed by atoms with Crippen LogP contribution in [-0.4, -0.2) is 57.7 Å². The summed E-state index contributed by atoms with van der Waals surface area (Å²) in [6.07, 6.45) is -4.77. The number of ether oxygens (including phenoxy) is 2. The summed E-state index contributed by atoms with van der Waals surface area (Å²) in [6.45, 7) is 8.72. The molecule has 0 fully saturated rings. The minimum atomic E-state index is -4.56. The number of halogens is 4. The predicted octanol–water partition coefficient (Wildman–Crippen LogP) is 6.47. The van der Waals surface area contributed by atoms with Gasteiger partial charge in [0.15, 0.2) is 6.10 Å². The summed E-state index contributed by atoms with van der Waals surface area (Å²) in [5, 5.41) is 15.1. The third kappa shape index (κ3) is 9.62. The molecule has 0 saturated carbocycles. The number of alkyl carbamates (subject to hydrolysis) is 1. The van der Waals surface area contributed by atoms with Crippen molar-refractivity contribution in [3.8, 4) is 17.0 Å². The highest BCUT2D eigenvalue weighted by Crippen LogP contribution is 2.31. The Bertz CT molecular complexity index is 1410. The van der Waals surface area contributed by atoms with Crippen molar-refractivity contribution in [3.63, 3.8) is 0 Å². The monoisotopic (exact) mass is 638 g/mol. The van der Waals surface area contributed by atoms with Crippen molar-refractivity contribution in [2.45, 2.75) is 84.5 Å². The number of nitrogens with one attached hydrogen (secondary N) is 2. The van der Waals surface area contributed by atoms with Gasteiger partial charge in [-0.2, -0.15) is 13.2 Å². The molecule has 1 heterocycles. The minimum absolute atomic E-state index is 0.127. The van der Waals surface area contributed by atoms with E-state index in [4.69, 9.17) is 26.1 Å². The van der Waals surface area contributed by atoms with Gasteiger partial charge in [-0.25, -0.2) is 9.78 Å². The molecule has 3 atom stereocenters. The highest BCUT2D eigenvalue weighted by molar-refractivity contribution is 6.32. The first-order chi connectivity index (χ1) is 20.7. The van der Waals surface area contributed by atoms with Crippen LogP contribution in [0.2, 0.25) is 5.02 Å². The second-order valence-electron chi connectivity index (χ2n) is 10.6. The van der Waals surface area contributed by atoms with Crippen LogP contribution in [0.5, 0.6) is 5.75 Å². The van der Waals surface area contributed by atoms with Crippen LogP contribution < -0.4 is 15.4 Å². The first-order valence-corrected chi connectivity index (χ1v) is 14.7. The summed E-state index contributed by atoms with van der Waals surface area (Å²) in [4.78, 5) is 29.7. The van der Waals surface area contributed by atoms with E-state index in [1.807, 2.05) is 48.9 Å². The van der Waals surface area contributed by atoms with Gasteiger partial charge in [0.25, 0.3) is 5.91 Å². The van der Waals surface area contributed by atoms with Crippen molar-refractivity contribution in [2.24, 2.45) is 0 Å². The maximum absolute atomic E-state index is 12.9. The van der Waals surface area contributed by atoms with Gasteiger partial charge in [0.1, 0.15) is 11.6 Å². The van der Waals surface area contributed by atoms with Crippen LogP contribution in [0.3, 0.4) is 0 Å². The van der Waals surface area contributed by atoms with E-state index in [-0.39, 0.29) is 41.5 Å². The number of hydrogen-bond acceptors (Lipinski definition) is 6. The average Bonchev–Trinajstić information content (AvgIpc) is 3.38. The van der Waals surface area contributed by atoms with Crippen LogP contribution in [-0.2, 0) is 17.7 Å². The number of aliphatic hydroxyl groups excluding tert-OH is 1. The lowest BCUT2D eigenvalue weighted by Gasteiger charge is -2.20. The SMILES string of the molecule is CCn1cc(-c2ccc(C[C@@H](CCO)NC(=O)c3ccc(O[C@H](C)C(F)(F)F)c(Cl)c3)cc2)nc1[C@@H](C)NC(=O)OC(C)C. The number of hydrogen-bond donors (Lipinski definition) is 3. The molecule has 0 spiro atoms. The van der Waals surface area contributed by atoms with Crippen LogP contribution in [0.1, 0.15) is 68.8 Å². The van der Waals surface area contributed by atoms with Crippen molar-refractivity contribution in [2.75, 3.05) is 6.61 Å². The van der Waals surface area contributed by atoms with Gasteiger partial charge in [-0.15, -0.1) is 0 Å². The zero-order valence-electron chi connectivity index (χ0n) is 25.2. The molecule has 240 valence electrons. The highest BCUT2D eigenvalue weighted by atomic mass is 35.5. The van der Waals surface area contributed by atoms with E-state index >= 15 is 0 Å². The molecule has 0 saturated heterocycles. The molecular formula is C31H38ClF3N4O5. The van der Waals surface area contributed by atoms with Crippen LogP contribution in [0, 0.1) is 0 Å². The first-order valence-electron chi connectivity index (χ1n) is 14.3. The maximum Gasteiger partial charge on any atom is 0.425 e. The molecule has 44 heavy (non-hydrogen) atoms. The van der Waals surface area contributed by atoms with Gasteiger partial charge in [0.05, 0.1) is 22.9 Å². The summed E-state index contributed by atoms with van der Waals surface area (Å²) < 4.78 is 50.5. The van der Waals surface area contributed by atoms with E-state index in [2.05, 4.69) is 10.6 Å². The van der Waals surface area contributed by atoms with Gasteiger partial charge < -0.3 is 29.8 Å². The Balaban J connectivity index is 1.68. The Morgan fingerprint density at radius 1 is 1.07 bits per heavy atom. The zero-order valence-corrected chi connectivity index (χ0v) is 26.0. The summed E-state index contributed by atoms with van der Waals surface area (Å²) >= 11 is 6.10. The quantitative estimate of drug-likeness (QED) is 0.198. The molecule has 0 unspecified atom stereocenters. The number of aryl methyl sites for hydroxylation is 1. The highest BCUT2D eigenvalue weighted by Gasteiger charge is 2.38. The fourth-order valence-electron chi connectivity index (χ4n) is 4.40. The maximum atomic E-state index is 12.9. The van der Waals surface area contributed by atoms with Crippen LogP contribution in [0.25, 0.3) is 11.3 Å². The summed E-state index contributed by atoms with van der Waals surface area (Å²) in [7, 11) is 0. The second kappa shape index (κ2) is 15.3. The third-order valence-corrected chi connectivity index (χ3v) is 7.01. The van der Waals surface area contributed by atoms with E-state index in [1.54, 1.807) is 13.8 Å². The molecule has 1 aromatic heterocycles. The first kappa shape index (κ1) is 34.7. The van der Waals surface area contributed by atoms with Gasteiger partial charge in [0.2, 0.25) is 0 Å². The molecule has 3 rings (SSSR count). The number of amides is 2. The fraction of sp³-hybridized carbons (Fsp3) is 0.452. The van der Waals surface area contributed by atoms with Crippen molar-refractivity contribution in [3.05, 3.63) is 70.6 Å². The van der Waals surface area contributed by atoms with Gasteiger partial charge >= 0.3 is 12.3 Å². The van der Waals surface area contributed by atoms with Gasteiger partial charge in [0, 0.05) is 36.5 Å². The third-order valence-electron chi connectivity index (χ3n) is 6.72. The molecule has 2 amide bonds. The number of rotatable bonds is 13. The van der Waals surface area contributed by atoms with E-state index < -0.39 is 30.3 Å². The van der Waals surface area contributed by atoms with E-state index in [0.717, 1.165) is 23.7 Å². The topological polar surface area (TPSA) is 115 Å².